The van der Waals surface area contributed by atoms with Crippen molar-refractivity contribution in [3.63, 3.8) is 0 Å². The summed E-state index contributed by atoms with van der Waals surface area (Å²) in [6.45, 7) is 0.990. The Morgan fingerprint density at radius 1 is 1.48 bits per heavy atom. The molecule has 2 aromatic rings. The van der Waals surface area contributed by atoms with E-state index in [1.807, 2.05) is 37.6 Å². The highest BCUT2D eigenvalue weighted by molar-refractivity contribution is 8.13. The van der Waals surface area contributed by atoms with Crippen LogP contribution in [0, 0.1) is 11.3 Å². The molecule has 0 bridgehead atoms. The van der Waals surface area contributed by atoms with E-state index in [4.69, 9.17) is 9.78 Å². The fraction of sp³-hybridized carbons (Fsp3) is 0.353. The highest BCUT2D eigenvalue weighted by atomic mass is 32.2. The number of rotatable bonds is 2. The van der Waals surface area contributed by atoms with Crippen molar-refractivity contribution in [3.05, 3.63) is 41.6 Å². The zero-order valence-corrected chi connectivity index (χ0v) is 14.0. The second kappa shape index (κ2) is 6.88. The molecule has 118 valence electrons. The number of hydrogen-bond acceptors (Lipinski definition) is 5. The van der Waals surface area contributed by atoms with Crippen LogP contribution in [0.15, 0.2) is 39.8 Å². The van der Waals surface area contributed by atoms with Gasteiger partial charge in [0.1, 0.15) is 5.69 Å². The third-order valence-electron chi connectivity index (χ3n) is 4.02. The van der Waals surface area contributed by atoms with Crippen molar-refractivity contribution in [2.24, 2.45) is 4.99 Å². The summed E-state index contributed by atoms with van der Waals surface area (Å²) in [6, 6.07) is 11.7. The molecule has 0 aliphatic carbocycles. The fourth-order valence-electron chi connectivity index (χ4n) is 2.96. The van der Waals surface area contributed by atoms with Crippen LogP contribution in [0.3, 0.4) is 0 Å². The van der Waals surface area contributed by atoms with E-state index in [9.17, 15) is 0 Å². The molecule has 0 radical (unpaired) electrons. The van der Waals surface area contributed by atoms with Gasteiger partial charge in [0.15, 0.2) is 10.9 Å². The van der Waals surface area contributed by atoms with Gasteiger partial charge < -0.3 is 9.42 Å². The summed E-state index contributed by atoms with van der Waals surface area (Å²) in [6.07, 6.45) is 4.21. The summed E-state index contributed by atoms with van der Waals surface area (Å²) in [5, 5.41) is 14.3. The molecule has 1 aliphatic heterocycles. The summed E-state index contributed by atoms with van der Waals surface area (Å²) in [7, 11) is 1.82. The highest BCUT2D eigenvalue weighted by Gasteiger charge is 2.30. The average Bonchev–Trinajstić information content (AvgIpc) is 3.25. The standard InChI is InChI=1S/C17H18N4OS/c1-19-17(23-2)21-8-4-7-15(21)14-10-16(22-20-14)13-6-3-5-12(9-13)11-18/h3,5-6,9-10,15H,4,7-8H2,1-2H3. The Hall–Kier alpha value is -2.26. The Morgan fingerprint density at radius 3 is 3.09 bits per heavy atom. The summed E-state index contributed by atoms with van der Waals surface area (Å²) in [5.74, 6) is 0.697. The van der Waals surface area contributed by atoms with Crippen molar-refractivity contribution in [3.8, 4) is 17.4 Å². The minimum Gasteiger partial charge on any atom is -0.356 e. The van der Waals surface area contributed by atoms with Crippen LogP contribution in [-0.4, -0.2) is 35.1 Å². The van der Waals surface area contributed by atoms with E-state index in [2.05, 4.69) is 21.1 Å². The van der Waals surface area contributed by atoms with Crippen LogP contribution in [-0.2, 0) is 0 Å². The minimum atomic E-state index is 0.206. The topological polar surface area (TPSA) is 65.4 Å². The average molecular weight is 326 g/mol. The summed E-state index contributed by atoms with van der Waals surface area (Å²) in [5.41, 5.74) is 2.42. The van der Waals surface area contributed by atoms with E-state index in [0.717, 1.165) is 35.8 Å². The van der Waals surface area contributed by atoms with Gasteiger partial charge in [-0.2, -0.15) is 5.26 Å². The highest BCUT2D eigenvalue weighted by Crippen LogP contribution is 2.35. The molecule has 0 N–H and O–H groups in total. The van der Waals surface area contributed by atoms with Gasteiger partial charge in [-0.1, -0.05) is 29.1 Å². The lowest BCUT2D eigenvalue weighted by molar-refractivity contribution is 0.362. The summed E-state index contributed by atoms with van der Waals surface area (Å²) in [4.78, 5) is 6.65. The summed E-state index contributed by atoms with van der Waals surface area (Å²) >= 11 is 1.66. The SMILES string of the molecule is CN=C(SC)N1CCCC1c1cc(-c2cccc(C#N)c2)on1. The van der Waals surface area contributed by atoms with Crippen LogP contribution in [0.4, 0.5) is 0 Å². The van der Waals surface area contributed by atoms with Crippen molar-refractivity contribution in [2.75, 3.05) is 19.8 Å². The smallest absolute Gasteiger partial charge is 0.167 e. The molecule has 2 heterocycles. The normalized spacial score (nSPS) is 18.2. The zero-order valence-electron chi connectivity index (χ0n) is 13.2. The number of amidine groups is 1. The Morgan fingerprint density at radius 2 is 2.35 bits per heavy atom. The van der Waals surface area contributed by atoms with Gasteiger partial charge >= 0.3 is 0 Å². The first-order chi connectivity index (χ1) is 11.3. The zero-order chi connectivity index (χ0) is 16.2. The molecule has 1 aromatic carbocycles. The van der Waals surface area contributed by atoms with E-state index in [1.165, 1.54) is 0 Å². The Labute approximate surface area is 140 Å². The molecule has 1 unspecified atom stereocenters. The van der Waals surface area contributed by atoms with Crippen molar-refractivity contribution in [2.45, 2.75) is 18.9 Å². The molecule has 1 saturated heterocycles. The third kappa shape index (κ3) is 3.10. The lowest BCUT2D eigenvalue weighted by atomic mass is 10.1. The number of nitriles is 1. The molecule has 1 aromatic heterocycles. The molecule has 0 saturated carbocycles. The molecule has 1 aliphatic rings. The van der Waals surface area contributed by atoms with Crippen LogP contribution in [0.1, 0.15) is 30.1 Å². The maximum atomic E-state index is 9.02. The summed E-state index contributed by atoms with van der Waals surface area (Å²) < 4.78 is 5.53. The van der Waals surface area contributed by atoms with Crippen molar-refractivity contribution in [1.29, 1.82) is 5.26 Å². The van der Waals surface area contributed by atoms with Gasteiger partial charge in [-0.25, -0.2) is 0 Å². The molecule has 6 heteroatoms. The van der Waals surface area contributed by atoms with E-state index in [-0.39, 0.29) is 6.04 Å². The van der Waals surface area contributed by atoms with Crippen molar-refractivity contribution < 1.29 is 4.52 Å². The van der Waals surface area contributed by atoms with E-state index < -0.39 is 0 Å². The maximum Gasteiger partial charge on any atom is 0.167 e. The van der Waals surface area contributed by atoms with Crippen LogP contribution in [0.2, 0.25) is 0 Å². The second-order valence-electron chi connectivity index (χ2n) is 5.37. The number of hydrogen-bond donors (Lipinski definition) is 0. The van der Waals surface area contributed by atoms with Gasteiger partial charge in [-0.3, -0.25) is 4.99 Å². The van der Waals surface area contributed by atoms with Gasteiger partial charge in [-0.15, -0.1) is 0 Å². The number of likely N-dealkylation sites (tertiary alicyclic amines) is 1. The number of aliphatic imine (C=N–C) groups is 1. The van der Waals surface area contributed by atoms with E-state index in [0.29, 0.717) is 11.3 Å². The van der Waals surface area contributed by atoms with Gasteiger partial charge in [0.25, 0.3) is 0 Å². The first-order valence-corrected chi connectivity index (χ1v) is 8.74. The fourth-order valence-corrected chi connectivity index (χ4v) is 3.60. The van der Waals surface area contributed by atoms with Crippen LogP contribution < -0.4 is 0 Å². The van der Waals surface area contributed by atoms with E-state index >= 15 is 0 Å². The molecule has 3 rings (SSSR count). The molecule has 5 nitrogen and oxygen atoms in total. The molecular formula is C17H18N4OS. The number of benzene rings is 1. The number of thioether (sulfide) groups is 1. The van der Waals surface area contributed by atoms with Crippen molar-refractivity contribution >= 4 is 16.9 Å². The molecule has 1 fully saturated rings. The predicted molar refractivity (Wildman–Crippen MR) is 92.2 cm³/mol. The maximum absolute atomic E-state index is 9.02. The monoisotopic (exact) mass is 326 g/mol. The predicted octanol–water partition coefficient (Wildman–Crippen LogP) is 3.70. The van der Waals surface area contributed by atoms with Crippen LogP contribution in [0.25, 0.3) is 11.3 Å². The van der Waals surface area contributed by atoms with Crippen LogP contribution >= 0.6 is 11.8 Å². The number of nitrogens with zero attached hydrogens (tertiary/aromatic N) is 4. The molecule has 1 atom stereocenters. The first-order valence-electron chi connectivity index (χ1n) is 7.51. The quantitative estimate of drug-likeness (QED) is 0.622. The van der Waals surface area contributed by atoms with Crippen LogP contribution in [0.5, 0.6) is 0 Å². The largest absolute Gasteiger partial charge is 0.356 e. The third-order valence-corrected chi connectivity index (χ3v) is 4.80. The van der Waals surface area contributed by atoms with E-state index in [1.54, 1.807) is 17.8 Å². The molecular weight excluding hydrogens is 308 g/mol. The van der Waals surface area contributed by atoms with Gasteiger partial charge in [0.2, 0.25) is 0 Å². The van der Waals surface area contributed by atoms with Crippen molar-refractivity contribution in [1.82, 2.24) is 10.1 Å². The first kappa shape index (κ1) is 15.6. The Kier molecular flexibility index (Phi) is 4.68. The van der Waals surface area contributed by atoms with Gasteiger partial charge in [0, 0.05) is 25.2 Å². The lowest BCUT2D eigenvalue weighted by Crippen LogP contribution is -2.28. The number of aromatic nitrogens is 1. The Balaban J connectivity index is 1.88. The molecule has 0 spiro atoms. The molecule has 0 amide bonds. The Bertz CT molecular complexity index is 762. The molecule has 23 heavy (non-hydrogen) atoms. The second-order valence-corrected chi connectivity index (χ2v) is 6.14. The minimum absolute atomic E-state index is 0.206. The van der Waals surface area contributed by atoms with Gasteiger partial charge in [0.05, 0.1) is 17.7 Å². The lowest BCUT2D eigenvalue weighted by Gasteiger charge is -2.24. The van der Waals surface area contributed by atoms with Gasteiger partial charge in [-0.05, 0) is 31.2 Å².